The predicted octanol–water partition coefficient (Wildman–Crippen LogP) is 3.23. The lowest BCUT2D eigenvalue weighted by Gasteiger charge is -2.03. The molecule has 118 valence electrons. The summed E-state index contributed by atoms with van der Waals surface area (Å²) < 4.78 is 0. The van der Waals surface area contributed by atoms with Crippen molar-refractivity contribution in [3.05, 3.63) is 90.3 Å². The van der Waals surface area contributed by atoms with Crippen LogP contribution in [-0.2, 0) is 4.84 Å². The molecule has 3 rings (SSSR count). The highest BCUT2D eigenvalue weighted by Gasteiger charge is 2.08. The van der Waals surface area contributed by atoms with Crippen LogP contribution in [0.5, 0.6) is 0 Å². The summed E-state index contributed by atoms with van der Waals surface area (Å²) in [7, 11) is 0. The van der Waals surface area contributed by atoms with Gasteiger partial charge in [-0.25, -0.2) is 4.79 Å². The van der Waals surface area contributed by atoms with Crippen LogP contribution in [0.1, 0.15) is 15.9 Å². The third-order valence-corrected chi connectivity index (χ3v) is 3.43. The third-order valence-electron chi connectivity index (χ3n) is 3.43. The minimum absolute atomic E-state index is 0.117. The molecule has 2 aromatic carbocycles. The van der Waals surface area contributed by atoms with Crippen LogP contribution >= 0.6 is 0 Å². The van der Waals surface area contributed by atoms with Crippen LogP contribution in [0.15, 0.2) is 84.3 Å². The Kier molecular flexibility index (Phi) is 4.62. The van der Waals surface area contributed by atoms with Crippen molar-refractivity contribution in [3.63, 3.8) is 0 Å². The second kappa shape index (κ2) is 7.19. The highest BCUT2D eigenvalue weighted by Crippen LogP contribution is 2.19. The number of amidine groups is 1. The van der Waals surface area contributed by atoms with E-state index in [9.17, 15) is 4.79 Å². The van der Waals surface area contributed by atoms with Gasteiger partial charge in [-0.15, -0.1) is 0 Å². The van der Waals surface area contributed by atoms with Gasteiger partial charge in [0.1, 0.15) is 0 Å². The van der Waals surface area contributed by atoms with Crippen LogP contribution in [0.4, 0.5) is 0 Å². The fourth-order valence-corrected chi connectivity index (χ4v) is 2.15. The van der Waals surface area contributed by atoms with Crippen molar-refractivity contribution >= 4 is 11.8 Å². The van der Waals surface area contributed by atoms with Gasteiger partial charge in [0.25, 0.3) is 0 Å². The van der Waals surface area contributed by atoms with E-state index in [1.165, 1.54) is 0 Å². The van der Waals surface area contributed by atoms with Gasteiger partial charge in [0, 0.05) is 18.0 Å². The fraction of sp³-hybridized carbons (Fsp3) is 0. The summed E-state index contributed by atoms with van der Waals surface area (Å²) in [5.74, 6) is -0.446. The number of benzene rings is 2. The van der Waals surface area contributed by atoms with Gasteiger partial charge in [0.2, 0.25) is 0 Å². The van der Waals surface area contributed by atoms with Crippen LogP contribution in [0.25, 0.3) is 11.1 Å². The molecule has 3 aromatic rings. The van der Waals surface area contributed by atoms with Crippen LogP contribution < -0.4 is 5.73 Å². The first-order valence-corrected chi connectivity index (χ1v) is 7.35. The lowest BCUT2D eigenvalue weighted by Crippen LogP contribution is -2.15. The zero-order chi connectivity index (χ0) is 16.8. The molecule has 0 spiro atoms. The maximum absolute atomic E-state index is 12.0. The summed E-state index contributed by atoms with van der Waals surface area (Å²) in [4.78, 5) is 20.8. The van der Waals surface area contributed by atoms with E-state index in [0.29, 0.717) is 11.1 Å². The Morgan fingerprint density at radius 1 is 0.833 bits per heavy atom. The van der Waals surface area contributed by atoms with E-state index in [1.807, 2.05) is 42.5 Å². The van der Waals surface area contributed by atoms with E-state index >= 15 is 0 Å². The van der Waals surface area contributed by atoms with Crippen molar-refractivity contribution < 1.29 is 9.63 Å². The number of rotatable bonds is 4. The molecule has 0 radical (unpaired) electrons. The topological polar surface area (TPSA) is 77.6 Å². The Morgan fingerprint density at radius 3 is 2.12 bits per heavy atom. The molecule has 0 fully saturated rings. The van der Waals surface area contributed by atoms with Crippen molar-refractivity contribution in [1.29, 1.82) is 0 Å². The summed E-state index contributed by atoms with van der Waals surface area (Å²) in [6.45, 7) is 0. The summed E-state index contributed by atoms with van der Waals surface area (Å²) in [5.41, 5.74) is 8.91. The number of oxime groups is 1. The Hall–Kier alpha value is -3.47. The fourth-order valence-electron chi connectivity index (χ4n) is 2.15. The van der Waals surface area contributed by atoms with Crippen molar-refractivity contribution in [1.82, 2.24) is 4.98 Å². The van der Waals surface area contributed by atoms with Gasteiger partial charge in [-0.1, -0.05) is 47.6 Å². The average Bonchev–Trinajstić information content (AvgIpc) is 2.67. The SMILES string of the molecule is N/C(=N\OC(=O)c1ccc(-c2ccccc2)cc1)c1ccncc1. The predicted molar refractivity (Wildman–Crippen MR) is 92.3 cm³/mol. The number of nitrogens with two attached hydrogens (primary N) is 1. The van der Waals surface area contributed by atoms with Gasteiger partial charge in [0.15, 0.2) is 5.84 Å². The summed E-state index contributed by atoms with van der Waals surface area (Å²) in [6, 6.07) is 20.4. The third kappa shape index (κ3) is 3.64. The number of carbonyl (C=O) groups is 1. The van der Waals surface area contributed by atoms with Crippen molar-refractivity contribution in [3.8, 4) is 11.1 Å². The molecule has 5 heteroatoms. The number of aromatic nitrogens is 1. The molecule has 0 atom stereocenters. The number of hydrogen-bond donors (Lipinski definition) is 1. The average molecular weight is 317 g/mol. The second-order valence-electron chi connectivity index (χ2n) is 5.03. The Balaban J connectivity index is 1.70. The minimum atomic E-state index is -0.563. The number of carbonyl (C=O) groups excluding carboxylic acids is 1. The lowest BCUT2D eigenvalue weighted by atomic mass is 10.0. The molecule has 5 nitrogen and oxygen atoms in total. The van der Waals surface area contributed by atoms with E-state index in [-0.39, 0.29) is 5.84 Å². The van der Waals surface area contributed by atoms with Gasteiger partial charge >= 0.3 is 5.97 Å². The Morgan fingerprint density at radius 2 is 1.46 bits per heavy atom. The number of hydrogen-bond acceptors (Lipinski definition) is 4. The van der Waals surface area contributed by atoms with Crippen LogP contribution in [0.2, 0.25) is 0 Å². The molecule has 0 aliphatic carbocycles. The molecule has 24 heavy (non-hydrogen) atoms. The number of pyridine rings is 1. The molecule has 0 amide bonds. The van der Waals surface area contributed by atoms with Crippen LogP contribution in [0.3, 0.4) is 0 Å². The summed E-state index contributed by atoms with van der Waals surface area (Å²) in [6.07, 6.45) is 3.17. The zero-order valence-corrected chi connectivity index (χ0v) is 12.8. The summed E-state index contributed by atoms with van der Waals surface area (Å²) >= 11 is 0. The highest BCUT2D eigenvalue weighted by atomic mass is 16.7. The first-order chi connectivity index (χ1) is 11.7. The van der Waals surface area contributed by atoms with Gasteiger partial charge in [-0.05, 0) is 35.4 Å². The maximum Gasteiger partial charge on any atom is 0.365 e. The molecule has 0 unspecified atom stereocenters. The monoisotopic (exact) mass is 317 g/mol. The maximum atomic E-state index is 12.0. The van der Waals surface area contributed by atoms with Gasteiger partial charge in [0.05, 0.1) is 5.56 Å². The molecular weight excluding hydrogens is 302 g/mol. The molecule has 0 aliphatic rings. The Labute approximate surface area is 139 Å². The molecule has 0 saturated heterocycles. The molecular formula is C19H15N3O2. The van der Waals surface area contributed by atoms with Gasteiger partial charge in [-0.3, -0.25) is 4.98 Å². The van der Waals surface area contributed by atoms with Crippen LogP contribution in [0, 0.1) is 0 Å². The lowest BCUT2D eigenvalue weighted by molar-refractivity contribution is 0.0516. The highest BCUT2D eigenvalue weighted by molar-refractivity contribution is 5.98. The molecule has 1 heterocycles. The minimum Gasteiger partial charge on any atom is -0.380 e. The molecule has 0 saturated carbocycles. The summed E-state index contributed by atoms with van der Waals surface area (Å²) in [5, 5.41) is 3.67. The smallest absolute Gasteiger partial charge is 0.365 e. The second-order valence-corrected chi connectivity index (χ2v) is 5.03. The zero-order valence-electron chi connectivity index (χ0n) is 12.8. The molecule has 0 aliphatic heterocycles. The van der Waals surface area contributed by atoms with Crippen LogP contribution in [-0.4, -0.2) is 16.8 Å². The van der Waals surface area contributed by atoms with E-state index in [2.05, 4.69) is 10.1 Å². The van der Waals surface area contributed by atoms with Gasteiger partial charge < -0.3 is 10.6 Å². The Bertz CT molecular complexity index is 845. The normalized spacial score (nSPS) is 11.1. The first-order valence-electron chi connectivity index (χ1n) is 7.35. The quantitative estimate of drug-likeness (QED) is 0.347. The van der Waals surface area contributed by atoms with E-state index < -0.39 is 5.97 Å². The van der Waals surface area contributed by atoms with E-state index in [4.69, 9.17) is 10.6 Å². The first kappa shape index (κ1) is 15.4. The van der Waals surface area contributed by atoms with Crippen molar-refractivity contribution in [2.75, 3.05) is 0 Å². The molecule has 1 aromatic heterocycles. The van der Waals surface area contributed by atoms with Crippen molar-refractivity contribution in [2.24, 2.45) is 10.9 Å². The number of nitrogens with zero attached hydrogens (tertiary/aromatic N) is 2. The standard InChI is InChI=1S/C19H15N3O2/c20-18(16-10-12-21-13-11-16)22-24-19(23)17-8-6-15(7-9-17)14-4-2-1-3-5-14/h1-13H,(H2,20,22). The molecule has 0 bridgehead atoms. The van der Waals surface area contributed by atoms with E-state index in [1.54, 1.807) is 36.7 Å². The van der Waals surface area contributed by atoms with Crippen molar-refractivity contribution in [2.45, 2.75) is 0 Å². The largest absolute Gasteiger partial charge is 0.380 e. The van der Waals surface area contributed by atoms with Gasteiger partial charge in [-0.2, -0.15) is 0 Å². The molecule has 2 N–H and O–H groups in total. The van der Waals surface area contributed by atoms with E-state index in [0.717, 1.165) is 11.1 Å².